The molecule has 0 amide bonds. The molecule has 1 saturated heterocycles. The molecule has 3 N–H and O–H groups in total. The van der Waals surface area contributed by atoms with Crippen LogP contribution < -0.4 is 11.1 Å². The fraction of sp³-hybridized carbons (Fsp3) is 0.312. The predicted octanol–water partition coefficient (Wildman–Crippen LogP) is 1.84. The number of anilines is 1. The van der Waals surface area contributed by atoms with Gasteiger partial charge in [0.05, 0.1) is 0 Å². The van der Waals surface area contributed by atoms with Crippen LogP contribution in [0, 0.1) is 0 Å². The molecule has 6 heteroatoms. The van der Waals surface area contributed by atoms with Gasteiger partial charge in [0.15, 0.2) is 5.65 Å². The third-order valence-corrected chi connectivity index (χ3v) is 4.28. The number of pyridine rings is 1. The third kappa shape index (κ3) is 2.31. The predicted molar refractivity (Wildman–Crippen MR) is 85.5 cm³/mol. The van der Waals surface area contributed by atoms with Gasteiger partial charge < -0.3 is 11.1 Å². The zero-order valence-electron chi connectivity index (χ0n) is 12.2. The van der Waals surface area contributed by atoms with E-state index < -0.39 is 0 Å². The fourth-order valence-corrected chi connectivity index (χ4v) is 3.17. The minimum Gasteiger partial charge on any atom is -0.382 e. The molecule has 0 saturated carbocycles. The Morgan fingerprint density at radius 1 is 1.23 bits per heavy atom. The van der Waals surface area contributed by atoms with Crippen LogP contribution in [-0.2, 0) is 0 Å². The van der Waals surface area contributed by atoms with Crippen molar-refractivity contribution in [1.82, 2.24) is 24.9 Å². The van der Waals surface area contributed by atoms with Crippen molar-refractivity contribution >= 4 is 11.5 Å². The van der Waals surface area contributed by atoms with Gasteiger partial charge in [-0.25, -0.2) is 9.50 Å². The molecule has 4 rings (SSSR count). The number of hydrogen-bond acceptors (Lipinski definition) is 5. The summed E-state index contributed by atoms with van der Waals surface area (Å²) in [6.45, 7) is 2.14. The van der Waals surface area contributed by atoms with Crippen LogP contribution in [0.25, 0.3) is 16.8 Å². The highest BCUT2D eigenvalue weighted by Gasteiger charge is 2.19. The van der Waals surface area contributed by atoms with Crippen molar-refractivity contribution in [2.75, 3.05) is 18.8 Å². The van der Waals surface area contributed by atoms with Crippen LogP contribution in [0.15, 0.2) is 36.9 Å². The number of rotatable bonds is 2. The second kappa shape index (κ2) is 5.38. The summed E-state index contributed by atoms with van der Waals surface area (Å²) >= 11 is 0. The largest absolute Gasteiger partial charge is 0.382 e. The first-order chi connectivity index (χ1) is 10.8. The maximum absolute atomic E-state index is 5.73. The molecule has 6 nitrogen and oxygen atoms in total. The summed E-state index contributed by atoms with van der Waals surface area (Å²) < 4.78 is 1.73. The second-order valence-corrected chi connectivity index (χ2v) is 5.70. The number of hydrogen-bond donors (Lipinski definition) is 2. The van der Waals surface area contributed by atoms with Crippen molar-refractivity contribution in [3.05, 3.63) is 42.5 Å². The van der Waals surface area contributed by atoms with E-state index in [9.17, 15) is 0 Å². The molecule has 4 heterocycles. The van der Waals surface area contributed by atoms with E-state index in [1.807, 2.05) is 24.8 Å². The van der Waals surface area contributed by atoms with Crippen molar-refractivity contribution in [3.63, 3.8) is 0 Å². The summed E-state index contributed by atoms with van der Waals surface area (Å²) in [5.74, 6) is 1.05. The van der Waals surface area contributed by atoms with Gasteiger partial charge in [0.1, 0.15) is 5.82 Å². The van der Waals surface area contributed by atoms with Crippen LogP contribution in [0.1, 0.15) is 24.3 Å². The summed E-state index contributed by atoms with van der Waals surface area (Å²) in [6, 6.07) is 3.90. The van der Waals surface area contributed by atoms with Gasteiger partial charge in [-0.05, 0) is 43.5 Å². The standard InChI is InChI=1S/C16H18N6/c17-15-7-16-20-8-12(10-22(16)21-15)14-9-19-6-3-13(14)11-1-4-18-5-2-11/h3,6-11,18H,1-2,4-5H2,(H2,17,21). The number of nitrogens with two attached hydrogens (primary N) is 1. The van der Waals surface area contributed by atoms with Crippen molar-refractivity contribution in [3.8, 4) is 11.1 Å². The van der Waals surface area contributed by atoms with Gasteiger partial charge in [-0.3, -0.25) is 4.98 Å². The van der Waals surface area contributed by atoms with Gasteiger partial charge in [0.2, 0.25) is 0 Å². The minimum atomic E-state index is 0.481. The molecule has 0 atom stereocenters. The van der Waals surface area contributed by atoms with Crippen LogP contribution in [0.3, 0.4) is 0 Å². The Labute approximate surface area is 128 Å². The molecule has 3 aromatic heterocycles. The lowest BCUT2D eigenvalue weighted by molar-refractivity contribution is 0.461. The van der Waals surface area contributed by atoms with Crippen LogP contribution in [0.4, 0.5) is 5.82 Å². The van der Waals surface area contributed by atoms with E-state index >= 15 is 0 Å². The Kier molecular flexibility index (Phi) is 3.23. The van der Waals surface area contributed by atoms with E-state index in [1.54, 1.807) is 10.6 Å². The molecule has 112 valence electrons. The van der Waals surface area contributed by atoms with Crippen molar-refractivity contribution < 1.29 is 0 Å². The van der Waals surface area contributed by atoms with E-state index in [4.69, 9.17) is 5.73 Å². The molecular weight excluding hydrogens is 276 g/mol. The molecule has 1 aliphatic heterocycles. The monoisotopic (exact) mass is 294 g/mol. The Bertz CT molecular complexity index is 803. The van der Waals surface area contributed by atoms with E-state index in [0.717, 1.165) is 42.7 Å². The molecule has 0 unspecified atom stereocenters. The van der Waals surface area contributed by atoms with Crippen LogP contribution in [0.2, 0.25) is 0 Å². The molecule has 1 aliphatic rings. The molecule has 0 bridgehead atoms. The first kappa shape index (κ1) is 13.2. The van der Waals surface area contributed by atoms with Crippen molar-refractivity contribution in [1.29, 1.82) is 0 Å². The Morgan fingerprint density at radius 2 is 2.09 bits per heavy atom. The van der Waals surface area contributed by atoms with Gasteiger partial charge >= 0.3 is 0 Å². The zero-order valence-corrected chi connectivity index (χ0v) is 12.2. The van der Waals surface area contributed by atoms with Gasteiger partial charge in [-0.15, -0.1) is 5.10 Å². The molecule has 0 radical (unpaired) electrons. The SMILES string of the molecule is Nc1cc2ncc(-c3cnccc3C3CCNCC3)cn2n1. The zero-order chi connectivity index (χ0) is 14.9. The van der Waals surface area contributed by atoms with Gasteiger partial charge in [-0.2, -0.15) is 0 Å². The summed E-state index contributed by atoms with van der Waals surface area (Å²) in [6.07, 6.45) is 9.95. The average molecular weight is 294 g/mol. The number of nitrogen functional groups attached to an aromatic ring is 1. The highest BCUT2D eigenvalue weighted by Crippen LogP contribution is 2.33. The van der Waals surface area contributed by atoms with E-state index in [2.05, 4.69) is 26.4 Å². The highest BCUT2D eigenvalue weighted by molar-refractivity contribution is 5.67. The summed E-state index contributed by atoms with van der Waals surface area (Å²) in [4.78, 5) is 8.75. The number of fused-ring (bicyclic) bond motifs is 1. The molecule has 0 aromatic carbocycles. The number of nitrogens with one attached hydrogen (secondary N) is 1. The molecule has 22 heavy (non-hydrogen) atoms. The molecule has 3 aromatic rings. The van der Waals surface area contributed by atoms with Crippen LogP contribution in [0.5, 0.6) is 0 Å². The lowest BCUT2D eigenvalue weighted by Crippen LogP contribution is -2.26. The lowest BCUT2D eigenvalue weighted by atomic mass is 9.86. The van der Waals surface area contributed by atoms with Gasteiger partial charge in [0, 0.05) is 42.0 Å². The quantitative estimate of drug-likeness (QED) is 0.753. The van der Waals surface area contributed by atoms with E-state index in [0.29, 0.717) is 11.7 Å². The topological polar surface area (TPSA) is 81.1 Å². The lowest BCUT2D eigenvalue weighted by Gasteiger charge is -2.24. The van der Waals surface area contributed by atoms with Gasteiger partial charge in [-0.1, -0.05) is 0 Å². The first-order valence-corrected chi connectivity index (χ1v) is 7.57. The molecule has 1 fully saturated rings. The van der Waals surface area contributed by atoms with Crippen molar-refractivity contribution in [2.24, 2.45) is 0 Å². The Morgan fingerprint density at radius 3 is 2.95 bits per heavy atom. The van der Waals surface area contributed by atoms with E-state index in [1.165, 1.54) is 5.56 Å². The van der Waals surface area contributed by atoms with Crippen LogP contribution in [-0.4, -0.2) is 32.7 Å². The average Bonchev–Trinajstić information content (AvgIpc) is 2.95. The smallest absolute Gasteiger partial charge is 0.157 e. The van der Waals surface area contributed by atoms with Crippen molar-refractivity contribution in [2.45, 2.75) is 18.8 Å². The molecule has 0 spiro atoms. The highest BCUT2D eigenvalue weighted by atomic mass is 15.3. The number of nitrogens with zero attached hydrogens (tertiary/aromatic N) is 4. The third-order valence-electron chi connectivity index (χ3n) is 4.28. The second-order valence-electron chi connectivity index (χ2n) is 5.70. The Balaban J connectivity index is 1.79. The number of piperidine rings is 1. The first-order valence-electron chi connectivity index (χ1n) is 7.57. The molecule has 0 aliphatic carbocycles. The summed E-state index contributed by atoms with van der Waals surface area (Å²) in [5.41, 5.74) is 10.0. The summed E-state index contributed by atoms with van der Waals surface area (Å²) in [5, 5.41) is 7.66. The minimum absolute atomic E-state index is 0.481. The Hall–Kier alpha value is -2.47. The normalized spacial score (nSPS) is 16.2. The maximum atomic E-state index is 5.73. The summed E-state index contributed by atoms with van der Waals surface area (Å²) in [7, 11) is 0. The van der Waals surface area contributed by atoms with E-state index in [-0.39, 0.29) is 0 Å². The molecular formula is C16H18N6. The number of aromatic nitrogens is 4. The fourth-order valence-electron chi connectivity index (χ4n) is 3.17. The van der Waals surface area contributed by atoms with Gasteiger partial charge in [0.25, 0.3) is 0 Å². The maximum Gasteiger partial charge on any atom is 0.157 e. The van der Waals surface area contributed by atoms with Crippen LogP contribution >= 0.6 is 0 Å².